The maximum atomic E-state index is 5.41. The van der Waals surface area contributed by atoms with Gasteiger partial charge >= 0.3 is 0 Å². The fourth-order valence-corrected chi connectivity index (χ4v) is 1.66. The summed E-state index contributed by atoms with van der Waals surface area (Å²) in [5.74, 6) is 0. The SMILES string of the molecule is CCOCCN(Cc1ccccc1)C(C)C. The number of hydrogen-bond donors (Lipinski definition) is 0. The minimum atomic E-state index is 0.556. The summed E-state index contributed by atoms with van der Waals surface area (Å²) in [6, 6.07) is 11.2. The molecule has 0 atom stereocenters. The van der Waals surface area contributed by atoms with Gasteiger partial charge < -0.3 is 4.74 Å². The van der Waals surface area contributed by atoms with E-state index in [1.165, 1.54) is 5.56 Å². The first-order chi connectivity index (χ1) is 7.74. The summed E-state index contributed by atoms with van der Waals surface area (Å²) in [6.07, 6.45) is 0. The average Bonchev–Trinajstić information content (AvgIpc) is 2.29. The highest BCUT2D eigenvalue weighted by molar-refractivity contribution is 5.14. The molecule has 16 heavy (non-hydrogen) atoms. The van der Waals surface area contributed by atoms with E-state index >= 15 is 0 Å². The van der Waals surface area contributed by atoms with E-state index in [0.717, 1.165) is 26.3 Å². The van der Waals surface area contributed by atoms with Crippen LogP contribution in [0.5, 0.6) is 0 Å². The van der Waals surface area contributed by atoms with Crippen LogP contribution in [0.15, 0.2) is 30.3 Å². The third kappa shape index (κ3) is 4.77. The lowest BCUT2D eigenvalue weighted by Gasteiger charge is -2.26. The molecule has 2 nitrogen and oxygen atoms in total. The highest BCUT2D eigenvalue weighted by Crippen LogP contribution is 2.07. The first-order valence-electron chi connectivity index (χ1n) is 6.09. The standard InChI is InChI=1S/C14H23NO/c1-4-16-11-10-15(13(2)3)12-14-8-6-5-7-9-14/h5-9,13H,4,10-12H2,1-3H3. The lowest BCUT2D eigenvalue weighted by molar-refractivity contribution is 0.0973. The van der Waals surface area contributed by atoms with Crippen LogP contribution in [0.1, 0.15) is 26.3 Å². The molecule has 0 amide bonds. The van der Waals surface area contributed by atoms with E-state index in [1.54, 1.807) is 0 Å². The van der Waals surface area contributed by atoms with Crippen molar-refractivity contribution in [1.82, 2.24) is 4.90 Å². The number of nitrogens with zero attached hydrogens (tertiary/aromatic N) is 1. The predicted octanol–water partition coefficient (Wildman–Crippen LogP) is 2.93. The van der Waals surface area contributed by atoms with Crippen LogP contribution in [0.4, 0.5) is 0 Å². The van der Waals surface area contributed by atoms with Gasteiger partial charge in [-0.15, -0.1) is 0 Å². The Morgan fingerprint density at radius 2 is 1.88 bits per heavy atom. The Morgan fingerprint density at radius 3 is 2.44 bits per heavy atom. The molecule has 0 aliphatic rings. The van der Waals surface area contributed by atoms with Crippen molar-refractivity contribution in [3.63, 3.8) is 0 Å². The first kappa shape index (κ1) is 13.2. The van der Waals surface area contributed by atoms with Crippen molar-refractivity contribution in [3.05, 3.63) is 35.9 Å². The lowest BCUT2D eigenvalue weighted by Crippen LogP contribution is -2.33. The molecule has 0 aliphatic carbocycles. The number of rotatable bonds is 7. The van der Waals surface area contributed by atoms with E-state index in [1.807, 2.05) is 6.92 Å². The largest absolute Gasteiger partial charge is 0.380 e. The molecule has 0 bridgehead atoms. The van der Waals surface area contributed by atoms with Gasteiger partial charge in [-0.1, -0.05) is 30.3 Å². The second-order valence-corrected chi connectivity index (χ2v) is 4.25. The van der Waals surface area contributed by atoms with Crippen LogP contribution in [0, 0.1) is 0 Å². The van der Waals surface area contributed by atoms with Gasteiger partial charge in [-0.25, -0.2) is 0 Å². The predicted molar refractivity (Wildman–Crippen MR) is 68.5 cm³/mol. The molecular formula is C14H23NO. The molecule has 90 valence electrons. The molecule has 2 heteroatoms. The highest BCUT2D eigenvalue weighted by atomic mass is 16.5. The van der Waals surface area contributed by atoms with Crippen molar-refractivity contribution in [2.45, 2.75) is 33.4 Å². The Hall–Kier alpha value is -0.860. The fourth-order valence-electron chi connectivity index (χ4n) is 1.66. The van der Waals surface area contributed by atoms with Crippen LogP contribution in [0.3, 0.4) is 0 Å². The minimum Gasteiger partial charge on any atom is -0.380 e. The summed E-state index contributed by atoms with van der Waals surface area (Å²) in [6.45, 7) is 10.1. The molecule has 1 aromatic carbocycles. The molecule has 1 aromatic rings. The Kier molecular flexibility index (Phi) is 6.12. The molecule has 1 rings (SSSR count). The molecule has 0 fully saturated rings. The molecule has 0 radical (unpaired) electrons. The van der Waals surface area contributed by atoms with Gasteiger partial charge in [-0.3, -0.25) is 4.90 Å². The number of ether oxygens (including phenoxy) is 1. The molecule has 0 aromatic heterocycles. The summed E-state index contributed by atoms with van der Waals surface area (Å²) < 4.78 is 5.41. The molecule has 0 aliphatic heterocycles. The zero-order chi connectivity index (χ0) is 11.8. The van der Waals surface area contributed by atoms with Crippen molar-refractivity contribution in [2.75, 3.05) is 19.8 Å². The van der Waals surface area contributed by atoms with E-state index in [-0.39, 0.29) is 0 Å². The molecule has 0 spiro atoms. The Balaban J connectivity index is 2.45. The van der Waals surface area contributed by atoms with Gasteiger partial charge in [0.2, 0.25) is 0 Å². The van der Waals surface area contributed by atoms with Crippen molar-refractivity contribution in [3.8, 4) is 0 Å². The summed E-state index contributed by atoms with van der Waals surface area (Å²) >= 11 is 0. The maximum Gasteiger partial charge on any atom is 0.0593 e. The molecular weight excluding hydrogens is 198 g/mol. The molecule has 0 heterocycles. The minimum absolute atomic E-state index is 0.556. The van der Waals surface area contributed by atoms with Crippen LogP contribution in [0.25, 0.3) is 0 Å². The maximum absolute atomic E-state index is 5.41. The molecule has 0 saturated heterocycles. The monoisotopic (exact) mass is 221 g/mol. The average molecular weight is 221 g/mol. The summed E-state index contributed by atoms with van der Waals surface area (Å²) in [5, 5.41) is 0. The van der Waals surface area contributed by atoms with Crippen LogP contribution in [0.2, 0.25) is 0 Å². The van der Waals surface area contributed by atoms with Crippen molar-refractivity contribution in [2.24, 2.45) is 0 Å². The van der Waals surface area contributed by atoms with Gasteiger partial charge in [-0.2, -0.15) is 0 Å². The van der Waals surface area contributed by atoms with E-state index < -0.39 is 0 Å². The molecule has 0 saturated carbocycles. The van der Waals surface area contributed by atoms with Crippen LogP contribution in [-0.2, 0) is 11.3 Å². The Bertz CT molecular complexity index is 271. The van der Waals surface area contributed by atoms with Crippen LogP contribution >= 0.6 is 0 Å². The fraction of sp³-hybridized carbons (Fsp3) is 0.571. The van der Waals surface area contributed by atoms with Crippen LogP contribution < -0.4 is 0 Å². The van der Waals surface area contributed by atoms with Gasteiger partial charge in [0.1, 0.15) is 0 Å². The van der Waals surface area contributed by atoms with E-state index in [0.29, 0.717) is 6.04 Å². The normalized spacial score (nSPS) is 11.3. The van der Waals surface area contributed by atoms with Gasteiger partial charge in [-0.05, 0) is 26.3 Å². The molecule has 0 N–H and O–H groups in total. The smallest absolute Gasteiger partial charge is 0.0593 e. The summed E-state index contributed by atoms with van der Waals surface area (Å²) in [5.41, 5.74) is 1.37. The second-order valence-electron chi connectivity index (χ2n) is 4.25. The lowest BCUT2D eigenvalue weighted by atomic mass is 10.2. The second kappa shape index (κ2) is 7.42. The first-order valence-corrected chi connectivity index (χ1v) is 6.09. The Morgan fingerprint density at radius 1 is 1.19 bits per heavy atom. The summed E-state index contributed by atoms with van der Waals surface area (Å²) in [7, 11) is 0. The van der Waals surface area contributed by atoms with Gasteiger partial charge in [0, 0.05) is 25.7 Å². The third-order valence-electron chi connectivity index (χ3n) is 2.69. The van der Waals surface area contributed by atoms with Gasteiger partial charge in [0.25, 0.3) is 0 Å². The Labute approximate surface area is 99.2 Å². The third-order valence-corrected chi connectivity index (χ3v) is 2.69. The van der Waals surface area contributed by atoms with E-state index in [2.05, 4.69) is 49.1 Å². The van der Waals surface area contributed by atoms with Crippen LogP contribution in [-0.4, -0.2) is 30.7 Å². The van der Waals surface area contributed by atoms with E-state index in [9.17, 15) is 0 Å². The van der Waals surface area contributed by atoms with E-state index in [4.69, 9.17) is 4.74 Å². The van der Waals surface area contributed by atoms with Crippen molar-refractivity contribution in [1.29, 1.82) is 0 Å². The van der Waals surface area contributed by atoms with Gasteiger partial charge in [0.15, 0.2) is 0 Å². The number of benzene rings is 1. The highest BCUT2D eigenvalue weighted by Gasteiger charge is 2.09. The summed E-state index contributed by atoms with van der Waals surface area (Å²) in [4.78, 5) is 2.44. The quantitative estimate of drug-likeness (QED) is 0.656. The van der Waals surface area contributed by atoms with Gasteiger partial charge in [0.05, 0.1) is 6.61 Å². The van der Waals surface area contributed by atoms with Crippen molar-refractivity contribution >= 4 is 0 Å². The zero-order valence-corrected chi connectivity index (χ0v) is 10.6. The molecule has 0 unspecified atom stereocenters. The topological polar surface area (TPSA) is 12.5 Å². The number of hydrogen-bond acceptors (Lipinski definition) is 2. The zero-order valence-electron chi connectivity index (χ0n) is 10.6. The van der Waals surface area contributed by atoms with Crippen molar-refractivity contribution < 1.29 is 4.74 Å².